The molecule has 0 aliphatic rings. The van der Waals surface area contributed by atoms with Gasteiger partial charge in [0.2, 0.25) is 5.78 Å². The minimum atomic E-state index is -0.504. The SMILES string of the molecule is CCc1ccc(C(=O)OCC(=O)c2cc(C)n(CCc3ccc(F)cc3)c2C)cc1. The third-order valence-electron chi connectivity index (χ3n) is 5.34. The molecule has 0 bridgehead atoms. The Kier molecular flexibility index (Phi) is 6.83. The molecule has 0 fully saturated rings. The fraction of sp³-hybridized carbons (Fsp3) is 0.280. The van der Waals surface area contributed by atoms with Gasteiger partial charge in [0.1, 0.15) is 5.82 Å². The molecule has 5 heteroatoms. The van der Waals surface area contributed by atoms with Gasteiger partial charge in [0.25, 0.3) is 0 Å². The number of aromatic nitrogens is 1. The van der Waals surface area contributed by atoms with Crippen LogP contribution in [-0.4, -0.2) is 22.9 Å². The van der Waals surface area contributed by atoms with E-state index in [-0.39, 0.29) is 18.2 Å². The van der Waals surface area contributed by atoms with Gasteiger partial charge in [0, 0.05) is 23.5 Å². The van der Waals surface area contributed by atoms with Crippen LogP contribution in [0.15, 0.2) is 54.6 Å². The summed E-state index contributed by atoms with van der Waals surface area (Å²) in [6.45, 7) is 6.25. The lowest BCUT2D eigenvalue weighted by molar-refractivity contribution is 0.0474. The molecule has 0 spiro atoms. The number of halogens is 1. The summed E-state index contributed by atoms with van der Waals surface area (Å²) in [6, 6.07) is 15.4. The van der Waals surface area contributed by atoms with Gasteiger partial charge >= 0.3 is 5.97 Å². The molecule has 156 valence electrons. The van der Waals surface area contributed by atoms with E-state index >= 15 is 0 Å². The maximum absolute atomic E-state index is 13.1. The smallest absolute Gasteiger partial charge is 0.338 e. The lowest BCUT2D eigenvalue weighted by Gasteiger charge is -2.10. The summed E-state index contributed by atoms with van der Waals surface area (Å²) in [7, 11) is 0. The third kappa shape index (κ3) is 5.03. The summed E-state index contributed by atoms with van der Waals surface area (Å²) in [5.41, 5.74) is 4.95. The predicted molar refractivity (Wildman–Crippen MR) is 114 cm³/mol. The van der Waals surface area contributed by atoms with Crippen LogP contribution in [0.25, 0.3) is 0 Å². The molecule has 30 heavy (non-hydrogen) atoms. The molecule has 0 aliphatic carbocycles. The molecule has 0 N–H and O–H groups in total. The first-order valence-electron chi connectivity index (χ1n) is 10.1. The van der Waals surface area contributed by atoms with Crippen molar-refractivity contribution in [2.75, 3.05) is 6.61 Å². The molecule has 0 radical (unpaired) electrons. The lowest BCUT2D eigenvalue weighted by atomic mass is 10.1. The van der Waals surface area contributed by atoms with E-state index in [1.165, 1.54) is 12.1 Å². The van der Waals surface area contributed by atoms with E-state index in [4.69, 9.17) is 4.74 Å². The Bertz CT molecular complexity index is 1030. The maximum atomic E-state index is 13.1. The zero-order chi connectivity index (χ0) is 21.7. The molecule has 1 aromatic heterocycles. The number of rotatable bonds is 8. The molecule has 0 unspecified atom stereocenters. The average molecular weight is 407 g/mol. The predicted octanol–water partition coefficient (Wildman–Crippen LogP) is 5.09. The second-order valence-electron chi connectivity index (χ2n) is 7.36. The number of ether oxygens (including phenoxy) is 1. The van der Waals surface area contributed by atoms with E-state index in [1.54, 1.807) is 24.3 Å². The van der Waals surface area contributed by atoms with Crippen molar-refractivity contribution < 1.29 is 18.7 Å². The summed E-state index contributed by atoms with van der Waals surface area (Å²) >= 11 is 0. The third-order valence-corrected chi connectivity index (χ3v) is 5.34. The Morgan fingerprint density at radius 2 is 1.60 bits per heavy atom. The van der Waals surface area contributed by atoms with Crippen LogP contribution in [0.2, 0.25) is 0 Å². The Morgan fingerprint density at radius 1 is 0.967 bits per heavy atom. The Morgan fingerprint density at radius 3 is 2.23 bits per heavy atom. The van der Waals surface area contributed by atoms with E-state index in [2.05, 4.69) is 4.57 Å². The number of nitrogens with zero attached hydrogens (tertiary/aromatic N) is 1. The van der Waals surface area contributed by atoms with Crippen molar-refractivity contribution in [1.82, 2.24) is 4.57 Å². The van der Waals surface area contributed by atoms with Crippen LogP contribution in [0.5, 0.6) is 0 Å². The molecule has 3 rings (SSSR count). The number of hydrogen-bond acceptors (Lipinski definition) is 3. The second kappa shape index (κ2) is 9.53. The Hall–Kier alpha value is -3.21. The van der Waals surface area contributed by atoms with E-state index in [0.717, 1.165) is 35.4 Å². The van der Waals surface area contributed by atoms with Crippen LogP contribution < -0.4 is 0 Å². The number of esters is 1. The van der Waals surface area contributed by atoms with Gasteiger partial charge < -0.3 is 9.30 Å². The van der Waals surface area contributed by atoms with Gasteiger partial charge in [-0.2, -0.15) is 0 Å². The molecule has 0 saturated carbocycles. The van der Waals surface area contributed by atoms with Crippen LogP contribution >= 0.6 is 0 Å². The fourth-order valence-corrected chi connectivity index (χ4v) is 3.49. The zero-order valence-corrected chi connectivity index (χ0v) is 17.6. The Labute approximate surface area is 176 Å². The highest BCUT2D eigenvalue weighted by Crippen LogP contribution is 2.18. The van der Waals surface area contributed by atoms with Crippen molar-refractivity contribution in [3.8, 4) is 0 Å². The number of carbonyl (C=O) groups excluding carboxylic acids is 2. The Balaban J connectivity index is 1.62. The van der Waals surface area contributed by atoms with Crippen LogP contribution in [0, 0.1) is 19.7 Å². The van der Waals surface area contributed by atoms with Gasteiger partial charge in [-0.1, -0.05) is 31.2 Å². The first-order chi connectivity index (χ1) is 14.4. The van der Waals surface area contributed by atoms with Crippen LogP contribution in [-0.2, 0) is 24.1 Å². The van der Waals surface area contributed by atoms with Crippen molar-refractivity contribution in [1.29, 1.82) is 0 Å². The van der Waals surface area contributed by atoms with Crippen molar-refractivity contribution in [2.24, 2.45) is 0 Å². The highest BCUT2D eigenvalue weighted by atomic mass is 19.1. The molecule has 4 nitrogen and oxygen atoms in total. The van der Waals surface area contributed by atoms with Gasteiger partial charge in [0.15, 0.2) is 6.61 Å². The first kappa shape index (κ1) is 21.5. The molecule has 1 heterocycles. The molecule has 0 saturated heterocycles. The molecule has 0 amide bonds. The number of Topliss-reactive ketones (excluding diaryl/α,β-unsaturated/α-hetero) is 1. The van der Waals surface area contributed by atoms with Crippen LogP contribution in [0.4, 0.5) is 4.39 Å². The molecule has 0 atom stereocenters. The fourth-order valence-electron chi connectivity index (χ4n) is 3.49. The molecular weight excluding hydrogens is 381 g/mol. The van der Waals surface area contributed by atoms with E-state index in [9.17, 15) is 14.0 Å². The van der Waals surface area contributed by atoms with Crippen molar-refractivity contribution in [2.45, 2.75) is 40.2 Å². The number of hydrogen-bond donors (Lipinski definition) is 0. The minimum absolute atomic E-state index is 0.227. The topological polar surface area (TPSA) is 48.3 Å². The van der Waals surface area contributed by atoms with E-state index in [1.807, 2.05) is 39.0 Å². The zero-order valence-electron chi connectivity index (χ0n) is 17.6. The van der Waals surface area contributed by atoms with Gasteiger partial charge in [0.05, 0.1) is 5.56 Å². The highest BCUT2D eigenvalue weighted by molar-refractivity contribution is 6.00. The molecule has 3 aromatic rings. The monoisotopic (exact) mass is 407 g/mol. The molecule has 2 aromatic carbocycles. The molecular formula is C25H26FNO3. The van der Waals surface area contributed by atoms with Crippen molar-refractivity contribution in [3.05, 3.63) is 94.1 Å². The lowest BCUT2D eigenvalue weighted by Crippen LogP contribution is -2.15. The summed E-state index contributed by atoms with van der Waals surface area (Å²) in [5.74, 6) is -0.985. The minimum Gasteiger partial charge on any atom is -0.454 e. The number of benzene rings is 2. The summed E-state index contributed by atoms with van der Waals surface area (Å²) in [4.78, 5) is 24.9. The number of carbonyl (C=O) groups is 2. The quantitative estimate of drug-likeness (QED) is 0.386. The normalized spacial score (nSPS) is 10.8. The van der Waals surface area contributed by atoms with E-state index in [0.29, 0.717) is 17.7 Å². The maximum Gasteiger partial charge on any atom is 0.338 e. The highest BCUT2D eigenvalue weighted by Gasteiger charge is 2.18. The first-order valence-corrected chi connectivity index (χ1v) is 10.1. The van der Waals surface area contributed by atoms with Crippen molar-refractivity contribution >= 4 is 11.8 Å². The van der Waals surface area contributed by atoms with Crippen LogP contribution in [0.1, 0.15) is 50.2 Å². The standard InChI is InChI=1S/C25H26FNO3/c1-4-19-5-9-21(10-6-19)25(29)30-16-24(28)23-15-17(2)27(18(23)3)14-13-20-7-11-22(26)12-8-20/h5-12,15H,4,13-14,16H2,1-3H3. The number of aryl methyl sites for hydroxylation is 3. The average Bonchev–Trinajstić information content (AvgIpc) is 3.05. The second-order valence-corrected chi connectivity index (χ2v) is 7.36. The van der Waals surface area contributed by atoms with Gasteiger partial charge in [-0.25, -0.2) is 9.18 Å². The summed E-state index contributed by atoms with van der Waals surface area (Å²) in [6.07, 6.45) is 1.62. The summed E-state index contributed by atoms with van der Waals surface area (Å²) < 4.78 is 20.4. The number of ketones is 1. The van der Waals surface area contributed by atoms with Gasteiger partial charge in [-0.05, 0) is 68.1 Å². The van der Waals surface area contributed by atoms with Gasteiger partial charge in [-0.3, -0.25) is 4.79 Å². The molecule has 0 aliphatic heterocycles. The van der Waals surface area contributed by atoms with Crippen molar-refractivity contribution in [3.63, 3.8) is 0 Å². The van der Waals surface area contributed by atoms with Gasteiger partial charge in [-0.15, -0.1) is 0 Å². The van der Waals surface area contributed by atoms with Crippen LogP contribution in [0.3, 0.4) is 0 Å². The summed E-state index contributed by atoms with van der Waals surface area (Å²) in [5, 5.41) is 0. The largest absolute Gasteiger partial charge is 0.454 e. The van der Waals surface area contributed by atoms with E-state index < -0.39 is 5.97 Å².